The van der Waals surface area contributed by atoms with Gasteiger partial charge in [-0.25, -0.2) is 9.95 Å². The van der Waals surface area contributed by atoms with Crippen LogP contribution in [0.2, 0.25) is 0 Å². The van der Waals surface area contributed by atoms with E-state index in [0.29, 0.717) is 0 Å². The minimum Gasteiger partial charge on any atom is -0.712 e. The van der Waals surface area contributed by atoms with Crippen LogP contribution in [-0.2, 0) is 0 Å². The molecule has 2 heterocycles. The molecule has 0 radical (unpaired) electrons. The summed E-state index contributed by atoms with van der Waals surface area (Å²) in [7, 11) is 0. The van der Waals surface area contributed by atoms with E-state index in [9.17, 15) is 10.4 Å². The summed E-state index contributed by atoms with van der Waals surface area (Å²) < 4.78 is 2.32. The molecule has 0 fully saturated rings. The summed E-state index contributed by atoms with van der Waals surface area (Å²) in [4.78, 5) is 0. The Balaban J connectivity index is 2.27. The van der Waals surface area contributed by atoms with Crippen molar-refractivity contribution in [2.45, 2.75) is 38.8 Å². The van der Waals surface area contributed by atoms with E-state index in [-0.39, 0.29) is 5.96 Å². The van der Waals surface area contributed by atoms with Crippen molar-refractivity contribution >= 4 is 17.0 Å². The van der Waals surface area contributed by atoms with Crippen LogP contribution in [0, 0.1) is 5.21 Å². The Hall–Kier alpha value is -2.15. The summed E-state index contributed by atoms with van der Waals surface area (Å²) in [5.74, 6) is 0.119. The lowest BCUT2D eigenvalue weighted by molar-refractivity contribution is -0.671. The third-order valence-corrected chi connectivity index (χ3v) is 4.50. The molecule has 3 rings (SSSR count). The average Bonchev–Trinajstić information content (AvgIpc) is 2.86. The molecule has 1 aromatic heterocycles. The average molecular weight is 276 g/mol. The molecule has 2 aromatic rings. The fourth-order valence-corrected chi connectivity index (χ4v) is 2.34. The topological polar surface area (TPSA) is 82.1 Å². The van der Waals surface area contributed by atoms with E-state index in [0.717, 1.165) is 20.8 Å². The molecule has 0 amide bonds. The number of fused-ring (bicyclic) bond motifs is 1. The molecule has 1 aliphatic heterocycles. The van der Waals surface area contributed by atoms with Crippen molar-refractivity contribution in [2.75, 3.05) is 0 Å². The van der Waals surface area contributed by atoms with Gasteiger partial charge in [0.2, 0.25) is 11.0 Å². The lowest BCUT2D eigenvalue weighted by atomic mass is 9.84. The number of H-pyrrole nitrogens is 1. The highest BCUT2D eigenvalue weighted by Crippen LogP contribution is 2.34. The van der Waals surface area contributed by atoms with E-state index in [2.05, 4.69) is 10.3 Å². The zero-order chi connectivity index (χ0) is 14.7. The number of hydrogen-bond acceptors (Lipinski definition) is 4. The van der Waals surface area contributed by atoms with Gasteiger partial charge in [0.25, 0.3) is 0 Å². The highest BCUT2D eigenvalue weighted by Gasteiger charge is 2.62. The number of rotatable bonds is 0. The van der Waals surface area contributed by atoms with E-state index < -0.39 is 11.1 Å². The zero-order valence-corrected chi connectivity index (χ0v) is 12.0. The lowest BCUT2D eigenvalue weighted by Crippen LogP contribution is -2.58. The van der Waals surface area contributed by atoms with Crippen LogP contribution in [0.5, 0.6) is 0 Å². The summed E-state index contributed by atoms with van der Waals surface area (Å²) in [5.41, 5.74) is -0.0558. The Labute approximate surface area is 116 Å². The molecule has 7 nitrogen and oxygen atoms in total. The van der Waals surface area contributed by atoms with Crippen molar-refractivity contribution in [3.63, 3.8) is 0 Å². The second kappa shape index (κ2) is 3.69. The number of nitrogens with one attached hydrogen (secondary N) is 1. The van der Waals surface area contributed by atoms with Gasteiger partial charge in [-0.3, -0.25) is 0 Å². The third-order valence-electron chi connectivity index (χ3n) is 4.50. The summed E-state index contributed by atoms with van der Waals surface area (Å²) in [6.07, 6.45) is 0. The summed E-state index contributed by atoms with van der Waals surface area (Å²) in [6, 6.07) is 7.40. The van der Waals surface area contributed by atoms with E-state index in [1.54, 1.807) is 13.8 Å². The van der Waals surface area contributed by atoms with Crippen LogP contribution in [0.25, 0.3) is 11.0 Å². The molecule has 0 atom stereocenters. The lowest BCUT2D eigenvalue weighted by Gasteiger charge is -2.32. The van der Waals surface area contributed by atoms with Gasteiger partial charge in [-0.05, 0) is 49.7 Å². The highest BCUT2D eigenvalue weighted by atomic mass is 16.5. The van der Waals surface area contributed by atoms with Crippen molar-refractivity contribution < 1.29 is 14.6 Å². The van der Waals surface area contributed by atoms with Gasteiger partial charge in [0.05, 0.1) is 0 Å². The van der Waals surface area contributed by atoms with E-state index in [4.69, 9.17) is 0 Å². The van der Waals surface area contributed by atoms with E-state index >= 15 is 0 Å². The molecular weight excluding hydrogens is 258 g/mol. The Morgan fingerprint density at radius 1 is 1.25 bits per heavy atom. The van der Waals surface area contributed by atoms with Crippen LogP contribution in [0.3, 0.4) is 0 Å². The van der Waals surface area contributed by atoms with Crippen LogP contribution in [0.15, 0.2) is 24.3 Å². The minimum atomic E-state index is -0.781. The van der Waals surface area contributed by atoms with Gasteiger partial charge >= 0.3 is 5.96 Å². The summed E-state index contributed by atoms with van der Waals surface area (Å²) in [5, 5.41) is 31.0. The first kappa shape index (κ1) is 12.9. The molecule has 2 N–H and O–H groups in total. The predicted molar refractivity (Wildman–Crippen MR) is 72.1 cm³/mol. The van der Waals surface area contributed by atoms with Crippen molar-refractivity contribution in [2.24, 2.45) is 0 Å². The van der Waals surface area contributed by atoms with Crippen LogP contribution in [-0.4, -0.2) is 42.4 Å². The molecular formula is C13H18N5O2+. The highest BCUT2D eigenvalue weighted by molar-refractivity contribution is 5.76. The second-order valence-corrected chi connectivity index (χ2v) is 6.06. The fourth-order valence-electron chi connectivity index (χ4n) is 2.34. The normalized spacial score (nSPS) is 20.9. The number of aromatic nitrogens is 3. The van der Waals surface area contributed by atoms with Crippen molar-refractivity contribution in [1.82, 2.24) is 15.4 Å². The van der Waals surface area contributed by atoms with Crippen LogP contribution in [0.1, 0.15) is 27.7 Å². The fraction of sp³-hybridized carbons (Fsp3) is 0.462. The standard InChI is InChI=1S/C13H17N5O2/c1-12(2)13(3,4)18(20)11(17(12)19)16-10-8-6-5-7-9(10)14-15-16/h5-8,19H,1-4H3/p+1. The molecule has 0 unspecified atom stereocenters. The van der Waals surface area contributed by atoms with Crippen LogP contribution >= 0.6 is 0 Å². The number of benzene rings is 1. The maximum Gasteiger partial charge on any atom is 0.502 e. The van der Waals surface area contributed by atoms with Gasteiger partial charge in [-0.15, -0.1) is 0 Å². The van der Waals surface area contributed by atoms with E-state index in [1.807, 2.05) is 38.1 Å². The molecule has 0 aliphatic carbocycles. The molecule has 106 valence electrons. The van der Waals surface area contributed by atoms with Crippen molar-refractivity contribution in [1.29, 1.82) is 0 Å². The van der Waals surface area contributed by atoms with Gasteiger partial charge in [0, 0.05) is 5.10 Å². The first-order valence-electron chi connectivity index (χ1n) is 6.47. The second-order valence-electron chi connectivity index (χ2n) is 6.06. The largest absolute Gasteiger partial charge is 0.712 e. The van der Waals surface area contributed by atoms with Gasteiger partial charge in [0.15, 0.2) is 11.1 Å². The number of para-hydroxylation sites is 2. The van der Waals surface area contributed by atoms with Crippen LogP contribution < -0.4 is 4.68 Å². The molecule has 1 aliphatic rings. The van der Waals surface area contributed by atoms with Crippen LogP contribution in [0.4, 0.5) is 0 Å². The smallest absolute Gasteiger partial charge is 0.502 e. The molecule has 1 aromatic carbocycles. The SMILES string of the molecule is CC1(C)N(O)C([n+]2[nH]nc3ccccc32)=[N+]([O-])C1(C)C. The maximum absolute atomic E-state index is 12.6. The van der Waals surface area contributed by atoms with Gasteiger partial charge in [-0.1, -0.05) is 17.2 Å². The molecule has 0 saturated heterocycles. The van der Waals surface area contributed by atoms with Gasteiger partial charge < -0.3 is 5.21 Å². The van der Waals surface area contributed by atoms with E-state index in [1.165, 1.54) is 4.68 Å². The maximum atomic E-state index is 12.6. The molecule has 0 spiro atoms. The Kier molecular flexibility index (Phi) is 2.38. The summed E-state index contributed by atoms with van der Waals surface area (Å²) in [6.45, 7) is 7.25. The number of nitrogens with zero attached hydrogens (tertiary/aromatic N) is 4. The first-order chi connectivity index (χ1) is 9.28. The molecule has 0 bridgehead atoms. The van der Waals surface area contributed by atoms with Gasteiger partial charge in [0.1, 0.15) is 0 Å². The van der Waals surface area contributed by atoms with Crippen molar-refractivity contribution in [3.8, 4) is 0 Å². The number of hydrogen-bond donors (Lipinski definition) is 2. The molecule has 7 heteroatoms. The summed E-state index contributed by atoms with van der Waals surface area (Å²) >= 11 is 0. The van der Waals surface area contributed by atoms with Gasteiger partial charge in [-0.2, -0.15) is 0 Å². The Morgan fingerprint density at radius 3 is 2.50 bits per heavy atom. The number of aromatic amines is 1. The quantitative estimate of drug-likeness (QED) is 0.551. The monoisotopic (exact) mass is 276 g/mol. The molecule has 20 heavy (non-hydrogen) atoms. The minimum absolute atomic E-state index is 0.119. The third kappa shape index (κ3) is 1.35. The predicted octanol–water partition coefficient (Wildman–Crippen LogP) is 0.827. The molecule has 0 saturated carbocycles. The first-order valence-corrected chi connectivity index (χ1v) is 6.47. The Morgan fingerprint density at radius 2 is 1.90 bits per heavy atom. The van der Waals surface area contributed by atoms with Crippen molar-refractivity contribution in [3.05, 3.63) is 29.5 Å². The zero-order valence-electron chi connectivity index (χ0n) is 12.0. The number of hydroxylamine groups is 3. The Bertz CT molecular complexity index is 716.